The molecule has 0 fully saturated rings. The van der Waals surface area contributed by atoms with Gasteiger partial charge in [0.2, 0.25) is 0 Å². The quantitative estimate of drug-likeness (QED) is 0.869. The Kier molecular flexibility index (Phi) is 5.67. The standard InChI is InChI=1S/C14H17F2NO5/c1-14(2,3)22-13(20)17-9-5-4-8(12(18)19)6-10(9)21-7-11(15)16/h4-6,11H,7H2,1-3H3,(H,17,20)(H,18,19). The second kappa shape index (κ2) is 7.06. The molecule has 0 saturated heterocycles. The summed E-state index contributed by atoms with van der Waals surface area (Å²) in [5.74, 6) is -1.42. The summed E-state index contributed by atoms with van der Waals surface area (Å²) in [6, 6.07) is 3.51. The first-order chi connectivity index (χ1) is 10.1. The van der Waals surface area contributed by atoms with E-state index in [9.17, 15) is 18.4 Å². The third-order valence-corrected chi connectivity index (χ3v) is 2.23. The first kappa shape index (κ1) is 17.7. The summed E-state index contributed by atoms with van der Waals surface area (Å²) in [6.07, 6.45) is -3.54. The first-order valence-electron chi connectivity index (χ1n) is 6.37. The highest BCUT2D eigenvalue weighted by molar-refractivity contribution is 5.92. The van der Waals surface area contributed by atoms with E-state index in [-0.39, 0.29) is 17.0 Å². The van der Waals surface area contributed by atoms with Crippen LogP contribution in [0.1, 0.15) is 31.1 Å². The van der Waals surface area contributed by atoms with Crippen molar-refractivity contribution >= 4 is 17.7 Å². The molecule has 0 radical (unpaired) electrons. The van der Waals surface area contributed by atoms with Crippen molar-refractivity contribution in [1.82, 2.24) is 0 Å². The molecule has 0 aliphatic carbocycles. The van der Waals surface area contributed by atoms with Crippen molar-refractivity contribution < 1.29 is 33.0 Å². The van der Waals surface area contributed by atoms with E-state index >= 15 is 0 Å². The van der Waals surface area contributed by atoms with Gasteiger partial charge in [0, 0.05) is 0 Å². The summed E-state index contributed by atoms with van der Waals surface area (Å²) in [6.45, 7) is 4.06. The number of nitrogens with one attached hydrogen (secondary N) is 1. The molecule has 1 aromatic rings. The molecule has 0 unspecified atom stereocenters. The number of carbonyl (C=O) groups is 2. The van der Waals surface area contributed by atoms with Crippen molar-refractivity contribution in [2.75, 3.05) is 11.9 Å². The van der Waals surface area contributed by atoms with Crippen LogP contribution >= 0.6 is 0 Å². The second-order valence-electron chi connectivity index (χ2n) is 5.35. The van der Waals surface area contributed by atoms with Crippen LogP contribution in [0.3, 0.4) is 0 Å². The summed E-state index contributed by atoms with van der Waals surface area (Å²) < 4.78 is 34.4. The Labute approximate surface area is 126 Å². The minimum Gasteiger partial charge on any atom is -0.485 e. The molecular formula is C14H17F2NO5. The van der Waals surface area contributed by atoms with Crippen LogP contribution in [0.15, 0.2) is 18.2 Å². The van der Waals surface area contributed by atoms with Crippen LogP contribution in [0, 0.1) is 0 Å². The third kappa shape index (κ3) is 5.94. The van der Waals surface area contributed by atoms with E-state index in [1.54, 1.807) is 20.8 Å². The molecule has 22 heavy (non-hydrogen) atoms. The molecule has 0 heterocycles. The molecule has 122 valence electrons. The second-order valence-corrected chi connectivity index (χ2v) is 5.35. The third-order valence-electron chi connectivity index (χ3n) is 2.23. The van der Waals surface area contributed by atoms with Gasteiger partial charge in [-0.3, -0.25) is 5.32 Å². The van der Waals surface area contributed by atoms with Crippen LogP contribution in [0.4, 0.5) is 19.3 Å². The predicted molar refractivity (Wildman–Crippen MR) is 74.8 cm³/mol. The predicted octanol–water partition coefficient (Wildman–Crippen LogP) is 3.38. The minimum absolute atomic E-state index is 0.0416. The van der Waals surface area contributed by atoms with E-state index in [4.69, 9.17) is 14.6 Å². The zero-order valence-corrected chi connectivity index (χ0v) is 12.4. The Morgan fingerprint density at radius 1 is 1.32 bits per heavy atom. The van der Waals surface area contributed by atoms with Crippen LogP contribution in [0.2, 0.25) is 0 Å². The Morgan fingerprint density at radius 3 is 2.45 bits per heavy atom. The number of aromatic carboxylic acids is 1. The fourth-order valence-electron chi connectivity index (χ4n) is 1.44. The number of amides is 1. The van der Waals surface area contributed by atoms with Crippen molar-refractivity contribution in [3.05, 3.63) is 23.8 Å². The number of carboxylic acid groups (broad SMARTS) is 1. The normalized spacial score (nSPS) is 11.2. The SMILES string of the molecule is CC(C)(C)OC(=O)Nc1ccc(C(=O)O)cc1OCC(F)F. The van der Waals surface area contributed by atoms with Gasteiger partial charge in [-0.1, -0.05) is 0 Å². The van der Waals surface area contributed by atoms with E-state index in [0.717, 1.165) is 6.07 Å². The number of benzene rings is 1. The summed E-state index contributed by atoms with van der Waals surface area (Å²) in [5.41, 5.74) is -0.853. The van der Waals surface area contributed by atoms with E-state index in [0.29, 0.717) is 0 Å². The van der Waals surface area contributed by atoms with Crippen molar-refractivity contribution in [1.29, 1.82) is 0 Å². The number of hydrogen-bond donors (Lipinski definition) is 2. The molecule has 0 spiro atoms. The van der Waals surface area contributed by atoms with Crippen molar-refractivity contribution in [2.24, 2.45) is 0 Å². The van der Waals surface area contributed by atoms with Gasteiger partial charge in [0.25, 0.3) is 6.43 Å². The molecule has 0 aliphatic rings. The molecule has 0 bridgehead atoms. The summed E-state index contributed by atoms with van der Waals surface area (Å²) in [5, 5.41) is 11.2. The average Bonchev–Trinajstić information content (AvgIpc) is 2.34. The van der Waals surface area contributed by atoms with Crippen molar-refractivity contribution in [3.8, 4) is 5.75 Å². The van der Waals surface area contributed by atoms with Crippen molar-refractivity contribution in [3.63, 3.8) is 0 Å². The number of hydrogen-bond acceptors (Lipinski definition) is 4. The molecule has 6 nitrogen and oxygen atoms in total. The fraction of sp³-hybridized carbons (Fsp3) is 0.429. The summed E-state index contributed by atoms with van der Waals surface area (Å²) in [4.78, 5) is 22.6. The molecule has 0 saturated carbocycles. The zero-order chi connectivity index (χ0) is 16.9. The Hall–Kier alpha value is -2.38. The number of halogens is 2. The number of carbonyl (C=O) groups excluding carboxylic acids is 1. The minimum atomic E-state index is -2.73. The lowest BCUT2D eigenvalue weighted by Crippen LogP contribution is -2.27. The number of rotatable bonds is 5. The topological polar surface area (TPSA) is 84.9 Å². The van der Waals surface area contributed by atoms with Gasteiger partial charge in [0.05, 0.1) is 11.3 Å². The maximum atomic E-state index is 12.2. The van der Waals surface area contributed by atoms with Gasteiger partial charge in [0.1, 0.15) is 18.0 Å². The maximum Gasteiger partial charge on any atom is 0.412 e. The first-order valence-corrected chi connectivity index (χ1v) is 6.37. The molecule has 0 aromatic heterocycles. The largest absolute Gasteiger partial charge is 0.485 e. The zero-order valence-electron chi connectivity index (χ0n) is 12.4. The van der Waals surface area contributed by atoms with Gasteiger partial charge in [-0.25, -0.2) is 18.4 Å². The lowest BCUT2D eigenvalue weighted by atomic mass is 10.2. The summed E-state index contributed by atoms with van der Waals surface area (Å²) >= 11 is 0. The van der Waals surface area contributed by atoms with Crippen LogP contribution < -0.4 is 10.1 Å². The number of carboxylic acids is 1. The molecule has 1 amide bonds. The van der Waals surface area contributed by atoms with Gasteiger partial charge in [-0.15, -0.1) is 0 Å². The fourth-order valence-corrected chi connectivity index (χ4v) is 1.44. The van der Waals surface area contributed by atoms with E-state index in [1.807, 2.05) is 0 Å². The Morgan fingerprint density at radius 2 is 1.95 bits per heavy atom. The van der Waals surface area contributed by atoms with Crippen LogP contribution in [-0.2, 0) is 4.74 Å². The van der Waals surface area contributed by atoms with Gasteiger partial charge in [-0.2, -0.15) is 0 Å². The number of anilines is 1. The lowest BCUT2D eigenvalue weighted by molar-refractivity contribution is 0.0633. The maximum absolute atomic E-state index is 12.2. The summed E-state index contributed by atoms with van der Waals surface area (Å²) in [7, 11) is 0. The number of ether oxygens (including phenoxy) is 2. The number of alkyl halides is 2. The lowest BCUT2D eigenvalue weighted by Gasteiger charge is -2.20. The molecule has 8 heteroatoms. The Balaban J connectivity index is 2.96. The molecule has 0 atom stereocenters. The van der Waals surface area contributed by atoms with Gasteiger partial charge in [-0.05, 0) is 39.0 Å². The highest BCUT2D eigenvalue weighted by Gasteiger charge is 2.19. The molecule has 2 N–H and O–H groups in total. The van der Waals surface area contributed by atoms with Crippen molar-refractivity contribution in [2.45, 2.75) is 32.8 Å². The van der Waals surface area contributed by atoms with E-state index < -0.39 is 30.7 Å². The van der Waals surface area contributed by atoms with Gasteiger partial charge >= 0.3 is 12.1 Å². The monoisotopic (exact) mass is 317 g/mol. The van der Waals surface area contributed by atoms with Crippen LogP contribution in [-0.4, -0.2) is 35.8 Å². The van der Waals surface area contributed by atoms with Gasteiger partial charge < -0.3 is 14.6 Å². The van der Waals surface area contributed by atoms with Gasteiger partial charge in [0.15, 0.2) is 0 Å². The molecule has 1 rings (SSSR count). The molecular weight excluding hydrogens is 300 g/mol. The molecule has 1 aromatic carbocycles. The highest BCUT2D eigenvalue weighted by Crippen LogP contribution is 2.27. The van der Waals surface area contributed by atoms with E-state index in [1.165, 1.54) is 12.1 Å². The molecule has 0 aliphatic heterocycles. The average molecular weight is 317 g/mol. The van der Waals surface area contributed by atoms with Crippen LogP contribution in [0.5, 0.6) is 5.75 Å². The smallest absolute Gasteiger partial charge is 0.412 e. The highest BCUT2D eigenvalue weighted by atomic mass is 19.3. The van der Waals surface area contributed by atoms with Crippen LogP contribution in [0.25, 0.3) is 0 Å². The van der Waals surface area contributed by atoms with E-state index in [2.05, 4.69) is 5.32 Å². The Bertz CT molecular complexity index is 555.